The molecule has 0 saturated heterocycles. The maximum atomic E-state index is 12.4. The van der Waals surface area contributed by atoms with E-state index in [0.29, 0.717) is 18.5 Å². The number of ether oxygens (including phenoxy) is 1. The Morgan fingerprint density at radius 3 is 2.71 bits per heavy atom. The van der Waals surface area contributed by atoms with E-state index in [1.165, 1.54) is 7.11 Å². The van der Waals surface area contributed by atoms with Crippen LogP contribution < -0.4 is 4.74 Å². The summed E-state index contributed by atoms with van der Waals surface area (Å²) < 4.78 is 42.2. The molecule has 0 aliphatic carbocycles. The number of nitrogens with zero attached hydrogens (tertiary/aromatic N) is 1. The van der Waals surface area contributed by atoms with Crippen LogP contribution in [0.3, 0.4) is 0 Å². The third-order valence-electron chi connectivity index (χ3n) is 1.81. The number of aromatic nitrogens is 1. The summed E-state index contributed by atoms with van der Waals surface area (Å²) in [4.78, 5) is 3.56. The summed E-state index contributed by atoms with van der Waals surface area (Å²) in [6, 6.07) is 0.910. The topological polar surface area (TPSA) is 22.1 Å². The molecule has 0 bridgehead atoms. The first-order valence-electron chi connectivity index (χ1n) is 4.65. The molecular weight excluding hydrogens is 255 g/mol. The van der Waals surface area contributed by atoms with Crippen LogP contribution in [0, 0.1) is 11.8 Å². The summed E-state index contributed by atoms with van der Waals surface area (Å²) in [5, 5.41) is 0. The number of methoxy groups -OCH3 is 1. The minimum absolute atomic E-state index is 0.0695. The molecule has 1 aromatic heterocycles. The maximum absolute atomic E-state index is 12.4. The van der Waals surface area contributed by atoms with E-state index in [1.807, 2.05) is 0 Å². The predicted molar refractivity (Wildman–Crippen MR) is 58.0 cm³/mol. The van der Waals surface area contributed by atoms with Crippen molar-refractivity contribution in [3.05, 3.63) is 23.4 Å². The van der Waals surface area contributed by atoms with Gasteiger partial charge in [0.05, 0.1) is 18.2 Å². The fourth-order valence-corrected chi connectivity index (χ4v) is 1.16. The predicted octanol–water partition coefficient (Wildman–Crippen LogP) is 3.09. The molecule has 0 aliphatic heterocycles. The number of hydrogen-bond donors (Lipinski definition) is 0. The molecule has 0 atom stereocenters. The highest BCUT2D eigenvalue weighted by molar-refractivity contribution is 6.18. The van der Waals surface area contributed by atoms with Crippen molar-refractivity contribution in [2.75, 3.05) is 13.0 Å². The molecule has 0 radical (unpaired) electrons. The summed E-state index contributed by atoms with van der Waals surface area (Å²) in [5.41, 5.74) is -0.749. The lowest BCUT2D eigenvalue weighted by Gasteiger charge is -2.08. The van der Waals surface area contributed by atoms with Crippen LogP contribution in [0.1, 0.15) is 17.5 Å². The zero-order valence-electron chi connectivity index (χ0n) is 8.94. The molecule has 2 nitrogen and oxygen atoms in total. The van der Waals surface area contributed by atoms with E-state index in [9.17, 15) is 13.2 Å². The van der Waals surface area contributed by atoms with Gasteiger partial charge in [-0.05, 0) is 6.07 Å². The molecule has 0 aromatic carbocycles. The first-order chi connectivity index (χ1) is 7.99. The third kappa shape index (κ3) is 3.82. The normalized spacial score (nSPS) is 10.6. The Labute approximate surface area is 102 Å². The molecule has 0 saturated carbocycles. The first kappa shape index (κ1) is 13.7. The molecule has 0 spiro atoms. The maximum Gasteiger partial charge on any atom is 0.417 e. The second-order valence-electron chi connectivity index (χ2n) is 3.02. The Balaban J connectivity index is 3.13. The van der Waals surface area contributed by atoms with Gasteiger partial charge >= 0.3 is 6.18 Å². The first-order valence-corrected chi connectivity index (χ1v) is 5.18. The van der Waals surface area contributed by atoms with Gasteiger partial charge in [-0.15, -0.1) is 11.6 Å². The van der Waals surface area contributed by atoms with Crippen LogP contribution in [-0.4, -0.2) is 18.0 Å². The van der Waals surface area contributed by atoms with E-state index in [2.05, 4.69) is 16.8 Å². The number of hydrogen-bond acceptors (Lipinski definition) is 2. The monoisotopic (exact) mass is 263 g/mol. The van der Waals surface area contributed by atoms with Crippen LogP contribution in [-0.2, 0) is 6.18 Å². The van der Waals surface area contributed by atoms with Crippen molar-refractivity contribution in [1.82, 2.24) is 4.98 Å². The van der Waals surface area contributed by atoms with Crippen LogP contribution in [0.15, 0.2) is 12.3 Å². The highest BCUT2D eigenvalue weighted by Gasteiger charge is 2.31. The van der Waals surface area contributed by atoms with Crippen molar-refractivity contribution in [2.24, 2.45) is 0 Å². The summed E-state index contributed by atoms with van der Waals surface area (Å²) >= 11 is 5.42. The van der Waals surface area contributed by atoms with Gasteiger partial charge in [0.15, 0.2) is 0 Å². The SMILES string of the molecule is COc1ncc(C(F)(F)F)cc1C#CCCCl. The van der Waals surface area contributed by atoms with E-state index >= 15 is 0 Å². The molecule has 6 heteroatoms. The lowest BCUT2D eigenvalue weighted by atomic mass is 10.2. The third-order valence-corrected chi connectivity index (χ3v) is 2.00. The smallest absolute Gasteiger partial charge is 0.417 e. The molecule has 0 amide bonds. The van der Waals surface area contributed by atoms with E-state index in [4.69, 9.17) is 16.3 Å². The van der Waals surface area contributed by atoms with Gasteiger partial charge in [-0.25, -0.2) is 4.98 Å². The molecule has 92 valence electrons. The van der Waals surface area contributed by atoms with Crippen LogP contribution in [0.25, 0.3) is 0 Å². The molecule has 1 heterocycles. The Bertz CT molecular complexity index is 448. The van der Waals surface area contributed by atoms with Crippen molar-refractivity contribution < 1.29 is 17.9 Å². The lowest BCUT2D eigenvalue weighted by Crippen LogP contribution is -2.06. The Hall–Kier alpha value is -1.41. The van der Waals surface area contributed by atoms with E-state index < -0.39 is 11.7 Å². The second-order valence-corrected chi connectivity index (χ2v) is 3.40. The quantitative estimate of drug-likeness (QED) is 0.604. The largest absolute Gasteiger partial charge is 0.480 e. The summed E-state index contributed by atoms with van der Waals surface area (Å²) in [6.45, 7) is 0. The van der Waals surface area contributed by atoms with E-state index in [-0.39, 0.29) is 11.4 Å². The van der Waals surface area contributed by atoms with Crippen LogP contribution in [0.4, 0.5) is 13.2 Å². The van der Waals surface area contributed by atoms with Gasteiger partial charge in [-0.2, -0.15) is 13.2 Å². The van der Waals surface area contributed by atoms with E-state index in [1.54, 1.807) is 0 Å². The fourth-order valence-electron chi connectivity index (χ4n) is 1.06. The Kier molecular flexibility index (Phi) is 4.64. The van der Waals surface area contributed by atoms with Crippen molar-refractivity contribution in [2.45, 2.75) is 12.6 Å². The van der Waals surface area contributed by atoms with Crippen LogP contribution >= 0.6 is 11.6 Å². The van der Waals surface area contributed by atoms with Gasteiger partial charge in [-0.1, -0.05) is 11.8 Å². The Morgan fingerprint density at radius 2 is 2.18 bits per heavy atom. The van der Waals surface area contributed by atoms with Crippen molar-refractivity contribution in [3.8, 4) is 17.7 Å². The summed E-state index contributed by atoms with van der Waals surface area (Å²) in [7, 11) is 1.32. The van der Waals surface area contributed by atoms with Crippen molar-refractivity contribution >= 4 is 11.6 Å². The highest BCUT2D eigenvalue weighted by Crippen LogP contribution is 2.30. The van der Waals surface area contributed by atoms with Gasteiger partial charge < -0.3 is 4.74 Å². The minimum Gasteiger partial charge on any atom is -0.480 e. The standard InChI is InChI=1S/C11H9ClF3NO/c1-17-10-8(4-2-3-5-12)6-9(7-16-10)11(13,14)15/h6-7H,3,5H2,1H3. The van der Waals surface area contributed by atoms with Gasteiger partial charge in [0.2, 0.25) is 5.88 Å². The van der Waals surface area contributed by atoms with Crippen molar-refractivity contribution in [1.29, 1.82) is 0 Å². The van der Waals surface area contributed by atoms with Crippen LogP contribution in [0.5, 0.6) is 5.88 Å². The summed E-state index contributed by atoms with van der Waals surface area (Å²) in [5.74, 6) is 5.58. The van der Waals surface area contributed by atoms with E-state index in [0.717, 1.165) is 6.07 Å². The van der Waals surface area contributed by atoms with Gasteiger partial charge in [-0.3, -0.25) is 0 Å². The van der Waals surface area contributed by atoms with Gasteiger partial charge in [0.1, 0.15) is 0 Å². The van der Waals surface area contributed by atoms with Gasteiger partial charge in [0.25, 0.3) is 0 Å². The summed E-state index contributed by atoms with van der Waals surface area (Å²) in [6.07, 6.45) is -3.34. The number of rotatable bonds is 2. The number of pyridine rings is 1. The van der Waals surface area contributed by atoms with Gasteiger partial charge in [0, 0.05) is 18.5 Å². The molecule has 0 unspecified atom stereocenters. The number of alkyl halides is 4. The fraction of sp³-hybridized carbons (Fsp3) is 0.364. The minimum atomic E-state index is -4.44. The molecule has 0 fully saturated rings. The molecule has 1 rings (SSSR count). The molecule has 0 N–H and O–H groups in total. The Morgan fingerprint density at radius 1 is 1.47 bits per heavy atom. The molecule has 0 aliphatic rings. The lowest BCUT2D eigenvalue weighted by molar-refractivity contribution is -0.137. The molecular formula is C11H9ClF3NO. The van der Waals surface area contributed by atoms with Crippen LogP contribution in [0.2, 0.25) is 0 Å². The molecule has 17 heavy (non-hydrogen) atoms. The zero-order valence-corrected chi connectivity index (χ0v) is 9.69. The zero-order chi connectivity index (χ0) is 12.9. The van der Waals surface area contributed by atoms with Crippen molar-refractivity contribution in [3.63, 3.8) is 0 Å². The second kappa shape index (κ2) is 5.78. The average Bonchev–Trinajstić information content (AvgIpc) is 2.28. The number of halogens is 4. The average molecular weight is 264 g/mol. The molecule has 1 aromatic rings. The highest BCUT2D eigenvalue weighted by atomic mass is 35.5.